The van der Waals surface area contributed by atoms with Crippen LogP contribution in [0.2, 0.25) is 0 Å². The molecule has 0 aromatic heterocycles. The van der Waals surface area contributed by atoms with Crippen LogP contribution in [0.15, 0.2) is 24.3 Å². The van der Waals surface area contributed by atoms with E-state index < -0.39 is 0 Å². The second kappa shape index (κ2) is 6.24. The Bertz CT molecular complexity index is 480. The summed E-state index contributed by atoms with van der Waals surface area (Å²) in [6, 6.07) is 5.18. The molecule has 0 spiro atoms. The van der Waals surface area contributed by atoms with Gasteiger partial charge in [0, 0.05) is 30.6 Å². The average molecular weight is 261 g/mol. The Morgan fingerprint density at radius 2 is 2.32 bits per heavy atom. The summed E-state index contributed by atoms with van der Waals surface area (Å²) in [5.41, 5.74) is 13.4. The Balaban J connectivity index is 1.86. The minimum Gasteiger partial charge on any atom is -0.399 e. The first-order chi connectivity index (χ1) is 9.15. The van der Waals surface area contributed by atoms with E-state index in [0.717, 1.165) is 25.0 Å². The zero-order valence-electron chi connectivity index (χ0n) is 10.8. The average Bonchev–Trinajstić information content (AvgIpc) is 2.90. The van der Waals surface area contributed by atoms with Crippen LogP contribution < -0.4 is 16.8 Å². The molecule has 102 valence electrons. The molecule has 1 aromatic carbocycles. The van der Waals surface area contributed by atoms with E-state index in [0.29, 0.717) is 17.9 Å². The summed E-state index contributed by atoms with van der Waals surface area (Å²) in [6.45, 7) is 1.34. The number of anilines is 2. The molecule has 1 aliphatic rings. The van der Waals surface area contributed by atoms with Crippen LogP contribution in [0.5, 0.6) is 0 Å². The quantitative estimate of drug-likeness (QED) is 0.560. The summed E-state index contributed by atoms with van der Waals surface area (Å²) >= 11 is 0. The number of amides is 1. The van der Waals surface area contributed by atoms with E-state index in [4.69, 9.17) is 16.2 Å². The van der Waals surface area contributed by atoms with Crippen molar-refractivity contribution in [3.05, 3.63) is 29.8 Å². The van der Waals surface area contributed by atoms with Crippen molar-refractivity contribution < 1.29 is 9.53 Å². The molecule has 1 aliphatic heterocycles. The molecule has 2 rings (SSSR count). The fourth-order valence-electron chi connectivity index (χ4n) is 1.98. The minimum absolute atomic E-state index is 0.148. The number of benzene rings is 1. The fraction of sp³-hybridized carbons (Fsp3) is 0.357. The van der Waals surface area contributed by atoms with Gasteiger partial charge in [-0.15, -0.1) is 0 Å². The highest BCUT2D eigenvalue weighted by Crippen LogP contribution is 2.17. The third-order valence-corrected chi connectivity index (χ3v) is 3.05. The number of ether oxygens (including phenoxy) is 1. The van der Waals surface area contributed by atoms with Gasteiger partial charge in [0.15, 0.2) is 0 Å². The number of nitrogens with one attached hydrogen (secondary N) is 1. The lowest BCUT2D eigenvalue weighted by molar-refractivity contribution is -0.116. The van der Waals surface area contributed by atoms with Crippen molar-refractivity contribution in [1.29, 1.82) is 0 Å². The van der Waals surface area contributed by atoms with Gasteiger partial charge >= 0.3 is 0 Å². The van der Waals surface area contributed by atoms with Gasteiger partial charge < -0.3 is 21.5 Å². The number of rotatable bonds is 4. The third kappa shape index (κ3) is 3.99. The zero-order chi connectivity index (χ0) is 13.7. The highest BCUT2D eigenvalue weighted by Gasteiger charge is 2.15. The molecule has 0 bridgehead atoms. The van der Waals surface area contributed by atoms with Gasteiger partial charge in [-0.05, 0) is 42.7 Å². The van der Waals surface area contributed by atoms with Gasteiger partial charge in [0.05, 0.1) is 6.10 Å². The largest absolute Gasteiger partial charge is 0.399 e. The Labute approximate surface area is 112 Å². The number of carbonyl (C=O) groups is 1. The second-order valence-electron chi connectivity index (χ2n) is 4.60. The van der Waals surface area contributed by atoms with E-state index in [1.54, 1.807) is 24.3 Å². The molecule has 1 amide bonds. The number of nitrogens with two attached hydrogens (primary N) is 2. The first-order valence-corrected chi connectivity index (χ1v) is 6.37. The Hall–Kier alpha value is -2.01. The molecule has 1 aromatic rings. The molecule has 0 saturated carbocycles. The first-order valence-electron chi connectivity index (χ1n) is 6.37. The zero-order valence-corrected chi connectivity index (χ0v) is 10.8. The molecule has 1 fully saturated rings. The first kappa shape index (κ1) is 13.4. The number of hydrogen-bond donors (Lipinski definition) is 3. The van der Waals surface area contributed by atoms with Gasteiger partial charge in [-0.25, -0.2) is 0 Å². The van der Waals surface area contributed by atoms with Crippen LogP contribution in [0.25, 0.3) is 6.08 Å². The molecule has 1 atom stereocenters. The van der Waals surface area contributed by atoms with Crippen LogP contribution in [-0.4, -0.2) is 25.2 Å². The Morgan fingerprint density at radius 1 is 1.47 bits per heavy atom. The maximum absolute atomic E-state index is 11.6. The molecule has 0 aliphatic carbocycles. The third-order valence-electron chi connectivity index (χ3n) is 3.05. The summed E-state index contributed by atoms with van der Waals surface area (Å²) in [5, 5.41) is 2.81. The summed E-state index contributed by atoms with van der Waals surface area (Å²) in [7, 11) is 0. The van der Waals surface area contributed by atoms with E-state index in [2.05, 4.69) is 5.32 Å². The summed E-state index contributed by atoms with van der Waals surface area (Å²) < 4.78 is 5.43. The van der Waals surface area contributed by atoms with Crippen molar-refractivity contribution in [3.8, 4) is 0 Å². The summed E-state index contributed by atoms with van der Waals surface area (Å²) in [5.74, 6) is -0.155. The van der Waals surface area contributed by atoms with Gasteiger partial charge in [-0.1, -0.05) is 0 Å². The lowest BCUT2D eigenvalue weighted by atomic mass is 10.1. The van der Waals surface area contributed by atoms with Crippen LogP contribution >= 0.6 is 0 Å². The summed E-state index contributed by atoms with van der Waals surface area (Å²) in [4.78, 5) is 11.6. The molecule has 1 saturated heterocycles. The molecule has 5 heteroatoms. The van der Waals surface area contributed by atoms with Crippen LogP contribution in [0.4, 0.5) is 11.4 Å². The van der Waals surface area contributed by atoms with Gasteiger partial charge in [0.2, 0.25) is 5.91 Å². The second-order valence-corrected chi connectivity index (χ2v) is 4.60. The van der Waals surface area contributed by atoms with Crippen LogP contribution in [-0.2, 0) is 9.53 Å². The maximum atomic E-state index is 11.6. The highest BCUT2D eigenvalue weighted by atomic mass is 16.5. The van der Waals surface area contributed by atoms with Crippen molar-refractivity contribution in [2.45, 2.75) is 18.9 Å². The lowest BCUT2D eigenvalue weighted by Gasteiger charge is -2.09. The minimum atomic E-state index is -0.155. The van der Waals surface area contributed by atoms with Crippen molar-refractivity contribution in [3.63, 3.8) is 0 Å². The molecule has 1 heterocycles. The molecule has 5 nitrogen and oxygen atoms in total. The molecule has 19 heavy (non-hydrogen) atoms. The molecule has 1 unspecified atom stereocenters. The van der Waals surface area contributed by atoms with Gasteiger partial charge in [-0.2, -0.15) is 0 Å². The standard InChI is InChI=1S/C14H19N3O2/c15-11-4-5-13(16)10(8-11)3-6-14(18)17-9-12-2-1-7-19-12/h3-6,8,12H,1-2,7,9,15-16H2,(H,17,18)/b6-3+. The SMILES string of the molecule is Nc1ccc(N)c(/C=C/C(=O)NCC2CCCO2)c1. The fourth-order valence-corrected chi connectivity index (χ4v) is 1.98. The number of nitrogen functional groups attached to an aromatic ring is 2. The van der Waals surface area contributed by atoms with Crippen molar-refractivity contribution in [1.82, 2.24) is 5.32 Å². The Morgan fingerprint density at radius 3 is 3.05 bits per heavy atom. The smallest absolute Gasteiger partial charge is 0.244 e. The summed E-state index contributed by atoms with van der Waals surface area (Å²) in [6.07, 6.45) is 5.34. The van der Waals surface area contributed by atoms with E-state index in [-0.39, 0.29) is 12.0 Å². The number of carbonyl (C=O) groups excluding carboxylic acids is 1. The van der Waals surface area contributed by atoms with Gasteiger partial charge in [-0.3, -0.25) is 4.79 Å². The van der Waals surface area contributed by atoms with Crippen molar-refractivity contribution in [2.75, 3.05) is 24.6 Å². The Kier molecular flexibility index (Phi) is 4.41. The van der Waals surface area contributed by atoms with E-state index in [1.165, 1.54) is 6.08 Å². The van der Waals surface area contributed by atoms with Crippen LogP contribution in [0.1, 0.15) is 18.4 Å². The van der Waals surface area contributed by atoms with E-state index in [9.17, 15) is 4.79 Å². The molecular formula is C14H19N3O2. The monoisotopic (exact) mass is 261 g/mol. The number of hydrogen-bond acceptors (Lipinski definition) is 4. The predicted octanol–water partition coefficient (Wildman–Crippen LogP) is 1.16. The van der Waals surface area contributed by atoms with E-state index in [1.807, 2.05) is 0 Å². The maximum Gasteiger partial charge on any atom is 0.244 e. The van der Waals surface area contributed by atoms with Crippen molar-refractivity contribution >= 4 is 23.4 Å². The van der Waals surface area contributed by atoms with Crippen LogP contribution in [0, 0.1) is 0 Å². The topological polar surface area (TPSA) is 90.4 Å². The predicted molar refractivity (Wildman–Crippen MR) is 76.3 cm³/mol. The lowest BCUT2D eigenvalue weighted by Crippen LogP contribution is -2.30. The van der Waals surface area contributed by atoms with Crippen LogP contribution in [0.3, 0.4) is 0 Å². The highest BCUT2D eigenvalue weighted by molar-refractivity contribution is 5.92. The molecular weight excluding hydrogens is 242 g/mol. The van der Waals surface area contributed by atoms with E-state index >= 15 is 0 Å². The van der Waals surface area contributed by atoms with Gasteiger partial charge in [0.1, 0.15) is 0 Å². The molecule has 0 radical (unpaired) electrons. The molecule has 5 N–H and O–H groups in total. The normalized spacial score (nSPS) is 18.8. The van der Waals surface area contributed by atoms with Crippen molar-refractivity contribution in [2.24, 2.45) is 0 Å². The van der Waals surface area contributed by atoms with Gasteiger partial charge in [0.25, 0.3) is 0 Å².